The Morgan fingerprint density at radius 3 is 2.78 bits per heavy atom. The molecule has 138 valence electrons. The predicted octanol–water partition coefficient (Wildman–Crippen LogP) is 4.53. The summed E-state index contributed by atoms with van der Waals surface area (Å²) in [7, 11) is 0. The van der Waals surface area contributed by atoms with Gasteiger partial charge >= 0.3 is 0 Å². The first-order chi connectivity index (χ1) is 13.1. The molecule has 0 radical (unpaired) electrons. The van der Waals surface area contributed by atoms with Crippen LogP contribution >= 0.6 is 23.1 Å². The highest BCUT2D eigenvalue weighted by Gasteiger charge is 2.44. The standard InChI is InChI=1S/C20H21N5S2/c1-12-10-15(14(3)25(12)19-22-8-9-26-19)18-17(16-6-4-5-7-21-16)23-20-24(18)11-13(2)27-20/h4-10,13,17-18H,11H2,1-3H3. The molecule has 0 spiro atoms. The van der Waals surface area contributed by atoms with Gasteiger partial charge in [0.25, 0.3) is 0 Å². The molecule has 7 heteroatoms. The SMILES string of the molecule is Cc1cc(C2C(c3ccccn3)N=C3SC(C)CN32)c(C)n1-c1nccs1. The van der Waals surface area contributed by atoms with Gasteiger partial charge in [-0.2, -0.15) is 0 Å². The zero-order valence-corrected chi connectivity index (χ0v) is 17.2. The Balaban J connectivity index is 1.63. The zero-order chi connectivity index (χ0) is 18.5. The molecule has 0 aliphatic carbocycles. The van der Waals surface area contributed by atoms with E-state index in [2.05, 4.69) is 58.4 Å². The minimum atomic E-state index is 0.0337. The average molecular weight is 396 g/mol. The van der Waals surface area contributed by atoms with Gasteiger partial charge in [0.2, 0.25) is 0 Å². The van der Waals surface area contributed by atoms with E-state index in [4.69, 9.17) is 4.99 Å². The lowest BCUT2D eigenvalue weighted by Crippen LogP contribution is -2.28. The van der Waals surface area contributed by atoms with Crippen LogP contribution in [-0.2, 0) is 0 Å². The summed E-state index contributed by atoms with van der Waals surface area (Å²) in [5, 5.41) is 4.77. The topological polar surface area (TPSA) is 46.3 Å². The molecule has 3 unspecified atom stereocenters. The lowest BCUT2D eigenvalue weighted by atomic mass is 9.96. The number of aliphatic imine (C=N–C) groups is 1. The molecule has 5 heterocycles. The van der Waals surface area contributed by atoms with Crippen molar-refractivity contribution in [1.82, 2.24) is 19.4 Å². The van der Waals surface area contributed by atoms with E-state index < -0.39 is 0 Å². The maximum absolute atomic E-state index is 5.09. The summed E-state index contributed by atoms with van der Waals surface area (Å²) in [6.07, 6.45) is 3.73. The summed E-state index contributed by atoms with van der Waals surface area (Å²) in [5.41, 5.74) is 4.82. The van der Waals surface area contributed by atoms with E-state index in [0.717, 1.165) is 22.5 Å². The van der Waals surface area contributed by atoms with Gasteiger partial charge in [-0.15, -0.1) is 11.3 Å². The molecular formula is C20H21N5S2. The van der Waals surface area contributed by atoms with Crippen LogP contribution in [0.4, 0.5) is 0 Å². The van der Waals surface area contributed by atoms with Crippen LogP contribution in [0.2, 0.25) is 0 Å². The number of pyridine rings is 1. The van der Waals surface area contributed by atoms with E-state index in [1.807, 2.05) is 35.6 Å². The second-order valence-electron chi connectivity index (χ2n) is 7.11. The van der Waals surface area contributed by atoms with Crippen molar-refractivity contribution < 1.29 is 0 Å². The highest BCUT2D eigenvalue weighted by Crippen LogP contribution is 2.48. The predicted molar refractivity (Wildman–Crippen MR) is 112 cm³/mol. The van der Waals surface area contributed by atoms with Crippen LogP contribution in [0.1, 0.15) is 41.7 Å². The largest absolute Gasteiger partial charge is 0.341 e. The van der Waals surface area contributed by atoms with Crippen LogP contribution in [-0.4, -0.2) is 36.4 Å². The summed E-state index contributed by atoms with van der Waals surface area (Å²) < 4.78 is 2.26. The number of rotatable bonds is 3. The molecular weight excluding hydrogens is 374 g/mol. The Labute approximate surface area is 167 Å². The highest BCUT2D eigenvalue weighted by molar-refractivity contribution is 8.14. The van der Waals surface area contributed by atoms with E-state index in [1.165, 1.54) is 17.0 Å². The molecule has 0 bridgehead atoms. The maximum Gasteiger partial charge on any atom is 0.193 e. The lowest BCUT2D eigenvalue weighted by Gasteiger charge is -2.27. The fourth-order valence-corrected chi connectivity index (χ4v) is 6.01. The molecule has 3 atom stereocenters. The van der Waals surface area contributed by atoms with Crippen molar-refractivity contribution >= 4 is 28.3 Å². The quantitative estimate of drug-likeness (QED) is 0.653. The van der Waals surface area contributed by atoms with Crippen LogP contribution in [0.3, 0.4) is 0 Å². The number of hydrogen-bond donors (Lipinski definition) is 0. The zero-order valence-electron chi connectivity index (χ0n) is 15.5. The van der Waals surface area contributed by atoms with E-state index in [9.17, 15) is 0 Å². The van der Waals surface area contributed by atoms with Gasteiger partial charge < -0.3 is 4.90 Å². The van der Waals surface area contributed by atoms with Gasteiger partial charge in [-0.05, 0) is 37.6 Å². The van der Waals surface area contributed by atoms with Crippen LogP contribution < -0.4 is 0 Å². The Morgan fingerprint density at radius 1 is 1.15 bits per heavy atom. The lowest BCUT2D eigenvalue weighted by molar-refractivity contribution is 0.320. The fraction of sp³-hybridized carbons (Fsp3) is 0.350. The molecule has 1 fully saturated rings. The van der Waals surface area contributed by atoms with Crippen molar-refractivity contribution in [1.29, 1.82) is 0 Å². The molecule has 0 aromatic carbocycles. The Morgan fingerprint density at radius 2 is 2.04 bits per heavy atom. The van der Waals surface area contributed by atoms with Gasteiger partial charge in [-0.25, -0.2) is 4.98 Å². The van der Waals surface area contributed by atoms with Crippen molar-refractivity contribution in [3.63, 3.8) is 0 Å². The molecule has 1 saturated heterocycles. The number of thiazole rings is 1. The van der Waals surface area contributed by atoms with Gasteiger partial charge in [-0.3, -0.25) is 14.5 Å². The molecule has 2 aliphatic rings. The summed E-state index contributed by atoms with van der Waals surface area (Å²) in [6.45, 7) is 7.66. The minimum absolute atomic E-state index is 0.0337. The Bertz CT molecular complexity index is 993. The fourth-order valence-electron chi connectivity index (χ4n) is 4.16. The van der Waals surface area contributed by atoms with Crippen molar-refractivity contribution in [3.8, 4) is 5.13 Å². The van der Waals surface area contributed by atoms with E-state index in [0.29, 0.717) is 5.25 Å². The van der Waals surface area contributed by atoms with Gasteiger partial charge in [0, 0.05) is 41.0 Å². The smallest absolute Gasteiger partial charge is 0.193 e. The Hall–Kier alpha value is -2.12. The van der Waals surface area contributed by atoms with Crippen LogP contribution in [0.25, 0.3) is 5.13 Å². The number of nitrogens with zero attached hydrogens (tertiary/aromatic N) is 5. The molecule has 3 aromatic rings. The first kappa shape index (κ1) is 17.0. The summed E-state index contributed by atoms with van der Waals surface area (Å²) in [6, 6.07) is 8.64. The minimum Gasteiger partial charge on any atom is -0.341 e. The molecule has 0 N–H and O–H groups in total. The normalized spacial score (nSPS) is 24.3. The van der Waals surface area contributed by atoms with Crippen molar-refractivity contribution in [2.24, 2.45) is 4.99 Å². The molecule has 2 aliphatic heterocycles. The number of fused-ring (bicyclic) bond motifs is 1. The van der Waals surface area contributed by atoms with Gasteiger partial charge in [0.1, 0.15) is 6.04 Å². The van der Waals surface area contributed by atoms with Crippen molar-refractivity contribution in [2.45, 2.75) is 38.1 Å². The Kier molecular flexibility index (Phi) is 4.09. The van der Waals surface area contributed by atoms with Crippen LogP contribution in [0.5, 0.6) is 0 Å². The first-order valence-electron chi connectivity index (χ1n) is 9.14. The second-order valence-corrected chi connectivity index (χ2v) is 9.39. The number of aromatic nitrogens is 3. The van der Waals surface area contributed by atoms with Crippen molar-refractivity contribution in [2.75, 3.05) is 6.54 Å². The van der Waals surface area contributed by atoms with Gasteiger partial charge in [0.05, 0.1) is 11.7 Å². The number of aryl methyl sites for hydroxylation is 1. The monoisotopic (exact) mass is 395 g/mol. The van der Waals surface area contributed by atoms with Crippen LogP contribution in [0, 0.1) is 13.8 Å². The van der Waals surface area contributed by atoms with E-state index in [1.54, 1.807) is 11.3 Å². The third-order valence-electron chi connectivity index (χ3n) is 5.28. The van der Waals surface area contributed by atoms with E-state index in [-0.39, 0.29) is 12.1 Å². The summed E-state index contributed by atoms with van der Waals surface area (Å²) in [4.78, 5) is 16.7. The van der Waals surface area contributed by atoms with Gasteiger partial charge in [0.15, 0.2) is 10.3 Å². The van der Waals surface area contributed by atoms with Crippen LogP contribution in [0.15, 0.2) is 47.0 Å². The number of hydrogen-bond acceptors (Lipinski definition) is 6. The molecule has 0 amide bonds. The third-order valence-corrected chi connectivity index (χ3v) is 7.14. The molecule has 5 nitrogen and oxygen atoms in total. The number of amidine groups is 1. The average Bonchev–Trinajstić information content (AvgIpc) is 3.40. The molecule has 0 saturated carbocycles. The molecule has 5 rings (SSSR count). The number of thioether (sulfide) groups is 1. The molecule has 3 aromatic heterocycles. The third kappa shape index (κ3) is 2.72. The van der Waals surface area contributed by atoms with Crippen molar-refractivity contribution in [3.05, 3.63) is 64.7 Å². The summed E-state index contributed by atoms with van der Waals surface area (Å²) in [5.74, 6) is 0. The maximum atomic E-state index is 5.09. The highest BCUT2D eigenvalue weighted by atomic mass is 32.2. The van der Waals surface area contributed by atoms with Gasteiger partial charge in [-0.1, -0.05) is 24.8 Å². The second kappa shape index (κ2) is 6.49. The first-order valence-corrected chi connectivity index (χ1v) is 10.9. The van der Waals surface area contributed by atoms with E-state index >= 15 is 0 Å². The summed E-state index contributed by atoms with van der Waals surface area (Å²) >= 11 is 3.55. The molecule has 27 heavy (non-hydrogen) atoms.